The second-order valence-corrected chi connectivity index (χ2v) is 5.22. The van der Waals surface area contributed by atoms with Gasteiger partial charge in [0.15, 0.2) is 0 Å². The molecule has 1 heterocycles. The zero-order valence-electron chi connectivity index (χ0n) is 8.34. The predicted octanol–water partition coefficient (Wildman–Crippen LogP) is 4.53. The van der Waals surface area contributed by atoms with Crippen molar-refractivity contribution in [3.63, 3.8) is 0 Å². The summed E-state index contributed by atoms with van der Waals surface area (Å²) in [6.45, 7) is 0. The highest BCUT2D eigenvalue weighted by Crippen LogP contribution is 2.41. The Kier molecular flexibility index (Phi) is 2.41. The van der Waals surface area contributed by atoms with Gasteiger partial charge in [-0.1, -0.05) is 41.6 Å². The monoisotopic (exact) mass is 250 g/mol. The average Bonchev–Trinajstić information content (AvgIpc) is 2.32. The standard InChI is InChI=1S/C13H8ClFS/c14-10-5-6-12-9(13(10)15)7-8-3-1-2-4-11(8)16-12/h1-6H,7H2. The molecule has 3 heteroatoms. The molecule has 2 aromatic carbocycles. The van der Waals surface area contributed by atoms with Crippen LogP contribution in [0.4, 0.5) is 4.39 Å². The Morgan fingerprint density at radius 1 is 1.06 bits per heavy atom. The molecule has 0 spiro atoms. The fourth-order valence-corrected chi connectivity index (χ4v) is 3.15. The molecule has 0 aromatic heterocycles. The minimum atomic E-state index is -0.277. The Bertz CT molecular complexity index is 566. The molecular weight excluding hydrogens is 243 g/mol. The lowest BCUT2D eigenvalue weighted by Gasteiger charge is -2.19. The Morgan fingerprint density at radius 2 is 1.88 bits per heavy atom. The molecule has 0 nitrogen and oxygen atoms in total. The quantitative estimate of drug-likeness (QED) is 0.565. The first-order valence-electron chi connectivity index (χ1n) is 4.98. The molecule has 1 aliphatic heterocycles. The normalized spacial score (nSPS) is 13.1. The van der Waals surface area contributed by atoms with Crippen LogP contribution in [-0.4, -0.2) is 0 Å². The second-order valence-electron chi connectivity index (χ2n) is 3.72. The van der Waals surface area contributed by atoms with Gasteiger partial charge in [0.1, 0.15) is 5.82 Å². The van der Waals surface area contributed by atoms with E-state index in [9.17, 15) is 4.39 Å². The maximum absolute atomic E-state index is 13.8. The number of benzene rings is 2. The zero-order chi connectivity index (χ0) is 11.1. The summed E-state index contributed by atoms with van der Waals surface area (Å²) in [5.41, 5.74) is 1.89. The molecular formula is C13H8ClFS. The van der Waals surface area contributed by atoms with Crippen molar-refractivity contribution >= 4 is 23.4 Å². The summed E-state index contributed by atoms with van der Waals surface area (Å²) in [4.78, 5) is 2.18. The maximum Gasteiger partial charge on any atom is 0.146 e. The van der Waals surface area contributed by atoms with Gasteiger partial charge in [-0.25, -0.2) is 4.39 Å². The van der Waals surface area contributed by atoms with E-state index in [1.807, 2.05) is 24.3 Å². The highest BCUT2D eigenvalue weighted by atomic mass is 35.5. The van der Waals surface area contributed by atoms with Crippen molar-refractivity contribution in [2.24, 2.45) is 0 Å². The Hall–Kier alpha value is -0.990. The van der Waals surface area contributed by atoms with Crippen molar-refractivity contribution in [2.45, 2.75) is 16.2 Å². The van der Waals surface area contributed by atoms with Crippen LogP contribution in [0.5, 0.6) is 0 Å². The SMILES string of the molecule is Fc1c(Cl)ccc2c1Cc1ccccc1S2. The van der Waals surface area contributed by atoms with Crippen LogP contribution in [0.2, 0.25) is 5.02 Å². The Morgan fingerprint density at radius 3 is 2.75 bits per heavy atom. The van der Waals surface area contributed by atoms with Gasteiger partial charge in [-0.15, -0.1) is 0 Å². The molecule has 3 rings (SSSR count). The van der Waals surface area contributed by atoms with Crippen molar-refractivity contribution in [2.75, 3.05) is 0 Å². The lowest BCUT2D eigenvalue weighted by atomic mass is 10.0. The van der Waals surface area contributed by atoms with Crippen LogP contribution < -0.4 is 0 Å². The highest BCUT2D eigenvalue weighted by Gasteiger charge is 2.20. The lowest BCUT2D eigenvalue weighted by Crippen LogP contribution is -2.02. The molecule has 1 aliphatic rings. The van der Waals surface area contributed by atoms with Gasteiger partial charge in [0.25, 0.3) is 0 Å². The van der Waals surface area contributed by atoms with Gasteiger partial charge in [-0.3, -0.25) is 0 Å². The van der Waals surface area contributed by atoms with E-state index in [2.05, 4.69) is 6.07 Å². The molecule has 2 aromatic rings. The van der Waals surface area contributed by atoms with Crippen molar-refractivity contribution in [3.05, 3.63) is 58.4 Å². The zero-order valence-corrected chi connectivity index (χ0v) is 9.91. The molecule has 0 aliphatic carbocycles. The first-order valence-corrected chi connectivity index (χ1v) is 6.18. The molecule has 0 saturated heterocycles. The number of hydrogen-bond acceptors (Lipinski definition) is 1. The molecule has 0 bridgehead atoms. The molecule has 0 saturated carbocycles. The molecule has 0 fully saturated rings. The van der Waals surface area contributed by atoms with E-state index in [1.54, 1.807) is 17.8 Å². The molecule has 0 N–H and O–H groups in total. The van der Waals surface area contributed by atoms with Crippen LogP contribution in [0.3, 0.4) is 0 Å². The van der Waals surface area contributed by atoms with Crippen molar-refractivity contribution < 1.29 is 4.39 Å². The first kappa shape index (κ1) is 10.2. The van der Waals surface area contributed by atoms with Gasteiger partial charge in [0.2, 0.25) is 0 Å². The summed E-state index contributed by atoms with van der Waals surface area (Å²) in [6, 6.07) is 11.6. The van der Waals surface area contributed by atoms with Crippen molar-refractivity contribution in [1.82, 2.24) is 0 Å². The van der Waals surface area contributed by atoms with Gasteiger partial charge in [-0.05, 0) is 23.8 Å². The van der Waals surface area contributed by atoms with Crippen molar-refractivity contribution in [3.8, 4) is 0 Å². The molecule has 0 amide bonds. The minimum absolute atomic E-state index is 0.207. The van der Waals surface area contributed by atoms with Gasteiger partial charge in [0, 0.05) is 21.8 Å². The van der Waals surface area contributed by atoms with E-state index in [1.165, 1.54) is 10.5 Å². The molecule has 16 heavy (non-hydrogen) atoms. The van der Waals surface area contributed by atoms with Gasteiger partial charge < -0.3 is 0 Å². The topological polar surface area (TPSA) is 0 Å². The lowest BCUT2D eigenvalue weighted by molar-refractivity contribution is 0.607. The van der Waals surface area contributed by atoms with E-state index < -0.39 is 0 Å². The van der Waals surface area contributed by atoms with Gasteiger partial charge >= 0.3 is 0 Å². The third-order valence-electron chi connectivity index (χ3n) is 2.71. The summed E-state index contributed by atoms with van der Waals surface area (Å²) >= 11 is 7.40. The molecule has 0 radical (unpaired) electrons. The fourth-order valence-electron chi connectivity index (χ4n) is 1.89. The number of hydrogen-bond donors (Lipinski definition) is 0. The van der Waals surface area contributed by atoms with Crippen LogP contribution in [0.25, 0.3) is 0 Å². The third kappa shape index (κ3) is 1.53. The van der Waals surface area contributed by atoms with E-state index in [4.69, 9.17) is 11.6 Å². The van der Waals surface area contributed by atoms with Gasteiger partial charge in [-0.2, -0.15) is 0 Å². The summed E-state index contributed by atoms with van der Waals surface area (Å²) in [7, 11) is 0. The van der Waals surface area contributed by atoms with Crippen molar-refractivity contribution in [1.29, 1.82) is 0 Å². The number of halogens is 2. The highest BCUT2D eigenvalue weighted by molar-refractivity contribution is 7.99. The molecule has 0 atom stereocenters. The Labute approximate surface area is 102 Å². The molecule has 80 valence electrons. The predicted molar refractivity (Wildman–Crippen MR) is 64.8 cm³/mol. The van der Waals surface area contributed by atoms with Crippen LogP contribution in [0.1, 0.15) is 11.1 Å². The van der Waals surface area contributed by atoms with E-state index >= 15 is 0 Å². The van der Waals surface area contributed by atoms with E-state index in [-0.39, 0.29) is 10.8 Å². The van der Waals surface area contributed by atoms with Crippen LogP contribution in [0.15, 0.2) is 46.2 Å². The first-order chi connectivity index (χ1) is 7.75. The van der Waals surface area contributed by atoms with Gasteiger partial charge in [0.05, 0.1) is 5.02 Å². The average molecular weight is 251 g/mol. The summed E-state index contributed by atoms with van der Waals surface area (Å²) in [5.74, 6) is -0.277. The summed E-state index contributed by atoms with van der Waals surface area (Å²) in [6.07, 6.45) is 0.630. The molecule has 0 unspecified atom stereocenters. The smallest absolute Gasteiger partial charge is 0.146 e. The van der Waals surface area contributed by atoms with Crippen LogP contribution >= 0.6 is 23.4 Å². The largest absolute Gasteiger partial charge is 0.205 e. The number of fused-ring (bicyclic) bond motifs is 2. The summed E-state index contributed by atoms with van der Waals surface area (Å²) in [5, 5.41) is 0.207. The van der Waals surface area contributed by atoms with E-state index in [0.29, 0.717) is 6.42 Å². The second kappa shape index (κ2) is 3.79. The van der Waals surface area contributed by atoms with Crippen LogP contribution in [0, 0.1) is 5.82 Å². The van der Waals surface area contributed by atoms with Crippen LogP contribution in [-0.2, 0) is 6.42 Å². The number of rotatable bonds is 0. The minimum Gasteiger partial charge on any atom is -0.205 e. The maximum atomic E-state index is 13.8. The third-order valence-corrected chi connectivity index (χ3v) is 4.23. The fraction of sp³-hybridized carbons (Fsp3) is 0.0769. The summed E-state index contributed by atoms with van der Waals surface area (Å²) < 4.78 is 13.8. The Balaban J connectivity index is 2.16. The van der Waals surface area contributed by atoms with E-state index in [0.717, 1.165) is 10.5 Å².